The molecule has 2 aliphatic carbocycles. The Morgan fingerprint density at radius 1 is 0.936 bits per heavy atom. The molecule has 1 saturated carbocycles. The minimum absolute atomic E-state index is 0.00536. The van der Waals surface area contributed by atoms with E-state index in [1.165, 1.54) is 30.3 Å². The zero-order chi connectivity index (χ0) is 34.3. The monoisotopic (exact) mass is 702 g/mol. The number of nitrogens with zero attached hydrogens (tertiary/aromatic N) is 2. The number of aliphatic hydroxyl groups is 1. The number of fused-ring (bicyclic) bond motifs is 4. The molecule has 0 spiro atoms. The van der Waals surface area contributed by atoms with Gasteiger partial charge in [-0.3, -0.25) is 19.2 Å². The Morgan fingerprint density at radius 3 is 2.17 bits per heavy atom. The number of methoxy groups -OCH3 is 1. The van der Waals surface area contributed by atoms with Gasteiger partial charge in [-0.25, -0.2) is 31.6 Å². The molecule has 2 aromatic carbocycles. The molecule has 0 radical (unpaired) electrons. The van der Waals surface area contributed by atoms with Crippen molar-refractivity contribution in [1.29, 1.82) is 0 Å². The molecule has 248 valence electrons. The fraction of sp³-hybridized carbons (Fsp3) is 0.367. The number of carbonyl (C=O) groups excluding carboxylic acids is 5. The van der Waals surface area contributed by atoms with Crippen LogP contribution >= 0.6 is 23.2 Å². The van der Waals surface area contributed by atoms with Crippen LogP contribution in [-0.4, -0.2) is 69.8 Å². The molecule has 2 aliphatic heterocycles. The van der Waals surface area contributed by atoms with E-state index in [-0.39, 0.29) is 34.8 Å². The zero-order valence-electron chi connectivity index (χ0n) is 23.9. The third-order valence-electron chi connectivity index (χ3n) is 9.16. The maximum atomic E-state index is 15.1. The number of benzene rings is 2. The van der Waals surface area contributed by atoms with Crippen LogP contribution in [0.1, 0.15) is 24.3 Å². The van der Waals surface area contributed by atoms with Gasteiger partial charge in [0.25, 0.3) is 11.8 Å². The fourth-order valence-electron chi connectivity index (χ4n) is 7.19. The van der Waals surface area contributed by atoms with Crippen LogP contribution in [0.3, 0.4) is 0 Å². The van der Waals surface area contributed by atoms with E-state index in [1.807, 2.05) is 0 Å². The van der Waals surface area contributed by atoms with Crippen LogP contribution in [0.15, 0.2) is 35.9 Å². The van der Waals surface area contributed by atoms with E-state index in [0.29, 0.717) is 4.90 Å². The van der Waals surface area contributed by atoms with Crippen LogP contribution < -0.4 is 9.64 Å². The van der Waals surface area contributed by atoms with Crippen LogP contribution in [0.2, 0.25) is 0 Å². The molecule has 17 heteroatoms. The number of imide groups is 4. The first kappa shape index (κ1) is 32.8. The molecule has 4 aliphatic rings. The minimum Gasteiger partial charge on any atom is -0.491 e. The van der Waals surface area contributed by atoms with Gasteiger partial charge < -0.3 is 14.6 Å². The molecule has 6 unspecified atom stereocenters. The van der Waals surface area contributed by atoms with Crippen molar-refractivity contribution in [3.8, 4) is 5.75 Å². The van der Waals surface area contributed by atoms with E-state index in [2.05, 4.69) is 4.74 Å². The van der Waals surface area contributed by atoms with Crippen molar-refractivity contribution in [3.63, 3.8) is 0 Å². The Bertz CT molecular complexity index is 1800. The van der Waals surface area contributed by atoms with Crippen LogP contribution in [0, 0.1) is 46.8 Å². The largest absolute Gasteiger partial charge is 0.491 e. The van der Waals surface area contributed by atoms with Crippen molar-refractivity contribution in [2.24, 2.45) is 17.8 Å². The number of alkyl halides is 2. The van der Waals surface area contributed by atoms with E-state index < -0.39 is 111 Å². The van der Waals surface area contributed by atoms with E-state index in [1.54, 1.807) is 0 Å². The maximum absolute atomic E-state index is 15.1. The normalized spacial score (nSPS) is 29.9. The topological polar surface area (TPSA) is 131 Å². The molecule has 5 amide bonds. The summed E-state index contributed by atoms with van der Waals surface area (Å²) in [6, 6.07) is 5.78. The minimum atomic E-state index is -2.76. The molecule has 47 heavy (non-hydrogen) atoms. The molecule has 3 fully saturated rings. The van der Waals surface area contributed by atoms with Crippen molar-refractivity contribution in [1.82, 2.24) is 4.90 Å². The van der Waals surface area contributed by atoms with Gasteiger partial charge in [0.2, 0.25) is 17.6 Å². The van der Waals surface area contributed by atoms with E-state index >= 15 is 8.78 Å². The lowest BCUT2D eigenvalue weighted by molar-refractivity contribution is -0.138. The van der Waals surface area contributed by atoms with Crippen molar-refractivity contribution in [3.05, 3.63) is 70.6 Å². The second-order valence-corrected chi connectivity index (χ2v) is 12.5. The SMILES string of the molecule is COC(=O)N1C(=O)C2CC=C3C(CC4(Cl)C(=O)N(c5c(F)c(F)c(F)c(F)c5F)C(=O)C4(Cl)C3c3ccccc3OCCO)C2C1=O. The van der Waals surface area contributed by atoms with Crippen molar-refractivity contribution in [2.75, 3.05) is 25.2 Å². The molecule has 2 saturated heterocycles. The molecule has 0 aromatic heterocycles. The molecule has 2 aromatic rings. The van der Waals surface area contributed by atoms with Gasteiger partial charge in [0.1, 0.15) is 18.0 Å². The number of halogens is 7. The van der Waals surface area contributed by atoms with Crippen LogP contribution in [0.4, 0.5) is 32.4 Å². The maximum Gasteiger partial charge on any atom is 0.423 e. The number of allylic oxidation sites excluding steroid dienone is 2. The summed E-state index contributed by atoms with van der Waals surface area (Å²) in [5.74, 6) is -23.0. The molecule has 6 rings (SSSR count). The number of carbonyl (C=O) groups is 5. The van der Waals surface area contributed by atoms with E-state index in [9.17, 15) is 42.3 Å². The quantitative estimate of drug-likeness (QED) is 0.123. The van der Waals surface area contributed by atoms with Gasteiger partial charge in [-0.15, -0.1) is 23.2 Å². The van der Waals surface area contributed by atoms with Gasteiger partial charge in [0.15, 0.2) is 33.0 Å². The number of amides is 5. The Kier molecular flexibility index (Phi) is 7.88. The molecule has 1 N–H and O–H groups in total. The van der Waals surface area contributed by atoms with Crippen LogP contribution in [-0.2, 0) is 23.9 Å². The second-order valence-electron chi connectivity index (χ2n) is 11.3. The Balaban J connectivity index is 1.60. The number of rotatable bonds is 5. The van der Waals surface area contributed by atoms with Gasteiger partial charge in [0.05, 0.1) is 25.6 Å². The first-order valence-electron chi connectivity index (χ1n) is 13.9. The molecule has 2 heterocycles. The number of ether oxygens (including phenoxy) is 2. The highest BCUT2D eigenvalue weighted by Crippen LogP contribution is 2.66. The van der Waals surface area contributed by atoms with Gasteiger partial charge in [-0.1, -0.05) is 29.8 Å². The van der Waals surface area contributed by atoms with Crippen molar-refractivity contribution >= 4 is 58.6 Å². The first-order valence-corrected chi connectivity index (χ1v) is 14.7. The highest BCUT2D eigenvalue weighted by Gasteiger charge is 2.77. The van der Waals surface area contributed by atoms with Crippen molar-refractivity contribution < 1.29 is 60.5 Å². The Labute approximate surface area is 271 Å². The highest BCUT2D eigenvalue weighted by molar-refractivity contribution is 6.58. The predicted octanol–water partition coefficient (Wildman–Crippen LogP) is 4.08. The van der Waals surface area contributed by atoms with Gasteiger partial charge in [-0.05, 0) is 24.8 Å². The molecular formula is C30H21Cl2F5N2O8. The fourth-order valence-corrected chi connectivity index (χ4v) is 8.12. The zero-order valence-corrected chi connectivity index (χ0v) is 25.4. The standard InChI is InChI=1S/C30H21Cl2F5N2O8/c1-46-28(45)39-24(41)13-7-6-11-14(16(13)25(39)42)10-29(31)26(43)38(23-21(36)19(34)18(33)20(35)22(23)37)27(44)30(29,32)17(11)12-4-2-3-5-15(12)47-9-8-40/h2-6,13-14,16-17,40H,7-10H2,1H3. The van der Waals surface area contributed by atoms with Crippen molar-refractivity contribution in [2.45, 2.75) is 28.5 Å². The summed E-state index contributed by atoms with van der Waals surface area (Å²) in [5, 5.41) is 9.40. The first-order chi connectivity index (χ1) is 22.2. The summed E-state index contributed by atoms with van der Waals surface area (Å²) in [4.78, 5) is 62.2. The lowest BCUT2D eigenvalue weighted by Gasteiger charge is -2.50. The molecule has 10 nitrogen and oxygen atoms in total. The van der Waals surface area contributed by atoms with E-state index in [4.69, 9.17) is 27.9 Å². The number of hydrogen-bond donors (Lipinski definition) is 1. The summed E-state index contributed by atoms with van der Waals surface area (Å²) < 4.78 is 83.2. The average molecular weight is 703 g/mol. The lowest BCUT2D eigenvalue weighted by Crippen LogP contribution is -2.60. The van der Waals surface area contributed by atoms with Gasteiger partial charge in [0, 0.05) is 11.5 Å². The summed E-state index contributed by atoms with van der Waals surface area (Å²) in [5.41, 5.74) is -1.71. The van der Waals surface area contributed by atoms with Crippen LogP contribution in [0.5, 0.6) is 5.75 Å². The third kappa shape index (κ3) is 4.21. The molecule has 0 bridgehead atoms. The highest BCUT2D eigenvalue weighted by atomic mass is 35.5. The smallest absolute Gasteiger partial charge is 0.423 e. The summed E-state index contributed by atoms with van der Waals surface area (Å²) in [6.07, 6.45) is -0.727. The number of anilines is 1. The summed E-state index contributed by atoms with van der Waals surface area (Å²) >= 11 is 14.1. The predicted molar refractivity (Wildman–Crippen MR) is 150 cm³/mol. The van der Waals surface area contributed by atoms with Gasteiger partial charge in [-0.2, -0.15) is 4.90 Å². The third-order valence-corrected chi connectivity index (χ3v) is 10.6. The van der Waals surface area contributed by atoms with Crippen LogP contribution in [0.25, 0.3) is 0 Å². The average Bonchev–Trinajstić information content (AvgIpc) is 3.40. The Morgan fingerprint density at radius 2 is 1.55 bits per heavy atom. The van der Waals surface area contributed by atoms with E-state index in [0.717, 1.165) is 7.11 Å². The number of para-hydroxylation sites is 1. The second kappa shape index (κ2) is 11.3. The number of hydrogen-bond acceptors (Lipinski definition) is 8. The lowest BCUT2D eigenvalue weighted by atomic mass is 9.56. The molecule has 6 atom stereocenters. The number of aliphatic hydroxyl groups excluding tert-OH is 1. The Hall–Kier alpha value is -4.08. The van der Waals surface area contributed by atoms with Gasteiger partial charge >= 0.3 is 6.09 Å². The summed E-state index contributed by atoms with van der Waals surface area (Å²) in [6.45, 7) is -0.742. The molecular weight excluding hydrogens is 682 g/mol. The summed E-state index contributed by atoms with van der Waals surface area (Å²) in [7, 11) is 0.945. The number of likely N-dealkylation sites (tertiary alicyclic amines) is 1.